The standard InChI is InChI=1S/C16H18BrN3O3/c1-9(2)8-11(16(22)23)18-15(21)14-12(17)13(19-20-14)10-6-4-3-5-7-10/h3-7,9,11H,8H2,1-2H3,(H,18,21)(H,19,20)(H,22,23). The van der Waals surface area contributed by atoms with Crippen LogP contribution >= 0.6 is 15.9 Å². The van der Waals surface area contributed by atoms with Gasteiger partial charge in [-0.25, -0.2) is 4.79 Å². The number of aliphatic carboxylic acids is 1. The fraction of sp³-hybridized carbons (Fsp3) is 0.312. The summed E-state index contributed by atoms with van der Waals surface area (Å²) in [6.07, 6.45) is 0.359. The number of carbonyl (C=O) groups is 2. The number of aromatic nitrogens is 2. The summed E-state index contributed by atoms with van der Waals surface area (Å²) in [6.45, 7) is 3.81. The molecule has 7 heteroatoms. The lowest BCUT2D eigenvalue weighted by atomic mass is 10.0. The molecule has 0 aliphatic rings. The van der Waals surface area contributed by atoms with Crippen molar-refractivity contribution in [3.63, 3.8) is 0 Å². The highest BCUT2D eigenvalue weighted by molar-refractivity contribution is 9.10. The lowest BCUT2D eigenvalue weighted by molar-refractivity contribution is -0.139. The summed E-state index contributed by atoms with van der Waals surface area (Å²) in [6, 6.07) is 8.46. The Kier molecular flexibility index (Phi) is 5.54. The predicted octanol–water partition coefficient (Wildman–Crippen LogP) is 3.07. The molecule has 0 radical (unpaired) electrons. The third-order valence-electron chi connectivity index (χ3n) is 3.29. The molecule has 1 aromatic heterocycles. The summed E-state index contributed by atoms with van der Waals surface area (Å²) in [5, 5.41) is 18.6. The highest BCUT2D eigenvalue weighted by atomic mass is 79.9. The Morgan fingerprint density at radius 3 is 2.52 bits per heavy atom. The van der Waals surface area contributed by atoms with E-state index in [0.29, 0.717) is 16.6 Å². The number of benzene rings is 1. The number of aromatic amines is 1. The van der Waals surface area contributed by atoms with Crippen molar-refractivity contribution >= 4 is 27.8 Å². The molecule has 0 aliphatic carbocycles. The number of amides is 1. The van der Waals surface area contributed by atoms with E-state index in [1.54, 1.807) is 0 Å². The lowest BCUT2D eigenvalue weighted by Gasteiger charge is -2.15. The van der Waals surface area contributed by atoms with Gasteiger partial charge in [0.15, 0.2) is 0 Å². The van der Waals surface area contributed by atoms with Crippen LogP contribution in [0.3, 0.4) is 0 Å². The highest BCUT2D eigenvalue weighted by Crippen LogP contribution is 2.28. The zero-order valence-corrected chi connectivity index (χ0v) is 14.4. The minimum Gasteiger partial charge on any atom is -0.480 e. The van der Waals surface area contributed by atoms with Crippen LogP contribution in [0.2, 0.25) is 0 Å². The minimum absolute atomic E-state index is 0.154. The molecule has 0 spiro atoms. The number of H-pyrrole nitrogens is 1. The molecule has 1 atom stereocenters. The SMILES string of the molecule is CC(C)CC(NC(=O)c1[nH]nc(-c2ccccc2)c1Br)C(=O)O. The second kappa shape index (κ2) is 7.41. The zero-order chi connectivity index (χ0) is 17.0. The van der Waals surface area contributed by atoms with Gasteiger partial charge in [0, 0.05) is 5.56 Å². The molecular formula is C16H18BrN3O3. The monoisotopic (exact) mass is 379 g/mol. The minimum atomic E-state index is -1.05. The summed E-state index contributed by atoms with van der Waals surface area (Å²) >= 11 is 3.36. The average Bonchev–Trinajstić information content (AvgIpc) is 2.88. The molecule has 0 fully saturated rings. The van der Waals surface area contributed by atoms with Crippen LogP contribution in [0.4, 0.5) is 0 Å². The number of carboxylic acid groups (broad SMARTS) is 1. The number of hydrogen-bond donors (Lipinski definition) is 3. The first kappa shape index (κ1) is 17.2. The molecule has 122 valence electrons. The molecule has 2 aromatic rings. The van der Waals surface area contributed by atoms with Crippen LogP contribution in [0, 0.1) is 5.92 Å². The van der Waals surface area contributed by atoms with Crippen LogP contribution in [-0.4, -0.2) is 33.2 Å². The van der Waals surface area contributed by atoms with Gasteiger partial charge in [-0.05, 0) is 28.3 Å². The maximum Gasteiger partial charge on any atom is 0.326 e. The van der Waals surface area contributed by atoms with Crippen molar-refractivity contribution in [2.24, 2.45) is 5.92 Å². The molecule has 0 aliphatic heterocycles. The second-order valence-corrected chi connectivity index (χ2v) is 6.41. The molecule has 3 N–H and O–H groups in total. The smallest absolute Gasteiger partial charge is 0.326 e. The highest BCUT2D eigenvalue weighted by Gasteiger charge is 2.25. The van der Waals surface area contributed by atoms with Crippen LogP contribution in [0.25, 0.3) is 11.3 Å². The molecule has 1 unspecified atom stereocenters. The third kappa shape index (κ3) is 4.19. The molecule has 0 bridgehead atoms. The summed E-state index contributed by atoms with van der Waals surface area (Å²) in [7, 11) is 0. The molecule has 1 heterocycles. The van der Waals surface area contributed by atoms with Crippen molar-refractivity contribution in [3.05, 3.63) is 40.5 Å². The predicted molar refractivity (Wildman–Crippen MR) is 90.1 cm³/mol. The number of halogens is 1. The van der Waals surface area contributed by atoms with E-state index < -0.39 is 17.9 Å². The number of nitrogens with zero attached hydrogens (tertiary/aromatic N) is 1. The Balaban J connectivity index is 2.20. The van der Waals surface area contributed by atoms with E-state index in [-0.39, 0.29) is 11.6 Å². The van der Waals surface area contributed by atoms with Gasteiger partial charge in [0.25, 0.3) is 5.91 Å². The van der Waals surface area contributed by atoms with Gasteiger partial charge in [-0.1, -0.05) is 44.2 Å². The van der Waals surface area contributed by atoms with Crippen LogP contribution in [-0.2, 0) is 4.79 Å². The van der Waals surface area contributed by atoms with Gasteiger partial charge >= 0.3 is 5.97 Å². The molecule has 0 saturated carbocycles. The molecular weight excluding hydrogens is 362 g/mol. The second-order valence-electron chi connectivity index (χ2n) is 5.62. The molecule has 1 amide bonds. The van der Waals surface area contributed by atoms with E-state index in [9.17, 15) is 14.7 Å². The van der Waals surface area contributed by atoms with Crippen molar-refractivity contribution in [2.75, 3.05) is 0 Å². The van der Waals surface area contributed by atoms with E-state index in [2.05, 4.69) is 31.4 Å². The van der Waals surface area contributed by atoms with Crippen molar-refractivity contribution < 1.29 is 14.7 Å². The fourth-order valence-electron chi connectivity index (χ4n) is 2.19. The maximum atomic E-state index is 12.3. The van der Waals surface area contributed by atoms with Crippen LogP contribution < -0.4 is 5.32 Å². The summed E-state index contributed by atoms with van der Waals surface area (Å²) < 4.78 is 0.509. The van der Waals surface area contributed by atoms with E-state index in [1.165, 1.54) is 0 Å². The van der Waals surface area contributed by atoms with E-state index in [4.69, 9.17) is 0 Å². The van der Waals surface area contributed by atoms with Gasteiger partial charge in [0.05, 0.1) is 4.47 Å². The number of carbonyl (C=O) groups excluding carboxylic acids is 1. The Bertz CT molecular complexity index is 698. The first-order valence-electron chi connectivity index (χ1n) is 7.23. The Hall–Kier alpha value is -2.15. The topological polar surface area (TPSA) is 95.1 Å². The normalized spacial score (nSPS) is 12.2. The largest absolute Gasteiger partial charge is 0.480 e. The van der Waals surface area contributed by atoms with Crippen molar-refractivity contribution in [1.29, 1.82) is 0 Å². The molecule has 0 saturated heterocycles. The van der Waals surface area contributed by atoms with Crippen molar-refractivity contribution in [2.45, 2.75) is 26.3 Å². The summed E-state index contributed by atoms with van der Waals surface area (Å²) in [4.78, 5) is 23.6. The van der Waals surface area contributed by atoms with Gasteiger partial charge in [0.2, 0.25) is 0 Å². The number of rotatable bonds is 6. The first-order valence-corrected chi connectivity index (χ1v) is 8.02. The number of nitrogens with one attached hydrogen (secondary N) is 2. The Morgan fingerprint density at radius 1 is 1.30 bits per heavy atom. The average molecular weight is 380 g/mol. The molecule has 1 aromatic carbocycles. The molecule has 6 nitrogen and oxygen atoms in total. The van der Waals surface area contributed by atoms with E-state index in [0.717, 1.165) is 5.56 Å². The van der Waals surface area contributed by atoms with Gasteiger partial charge in [-0.15, -0.1) is 0 Å². The maximum absolute atomic E-state index is 12.3. The van der Waals surface area contributed by atoms with Crippen molar-refractivity contribution in [3.8, 4) is 11.3 Å². The third-order valence-corrected chi connectivity index (χ3v) is 4.06. The summed E-state index contributed by atoms with van der Waals surface area (Å²) in [5.41, 5.74) is 1.66. The van der Waals surface area contributed by atoms with Crippen LogP contribution in [0.15, 0.2) is 34.8 Å². The summed E-state index contributed by atoms with van der Waals surface area (Å²) in [5.74, 6) is -1.40. The van der Waals surface area contributed by atoms with Gasteiger partial charge in [-0.3, -0.25) is 9.89 Å². The quantitative estimate of drug-likeness (QED) is 0.718. The zero-order valence-electron chi connectivity index (χ0n) is 12.8. The number of hydrogen-bond acceptors (Lipinski definition) is 3. The van der Waals surface area contributed by atoms with Gasteiger partial charge < -0.3 is 10.4 Å². The van der Waals surface area contributed by atoms with E-state index >= 15 is 0 Å². The molecule has 2 rings (SSSR count). The van der Waals surface area contributed by atoms with Crippen molar-refractivity contribution in [1.82, 2.24) is 15.5 Å². The van der Waals surface area contributed by atoms with Gasteiger partial charge in [-0.2, -0.15) is 5.10 Å². The van der Waals surface area contributed by atoms with Crippen LogP contribution in [0.1, 0.15) is 30.8 Å². The van der Waals surface area contributed by atoms with Gasteiger partial charge in [0.1, 0.15) is 17.4 Å². The Morgan fingerprint density at radius 2 is 1.96 bits per heavy atom. The number of carboxylic acids is 1. The Labute approximate surface area is 142 Å². The lowest BCUT2D eigenvalue weighted by Crippen LogP contribution is -2.41. The van der Waals surface area contributed by atoms with E-state index in [1.807, 2.05) is 44.2 Å². The first-order chi connectivity index (χ1) is 10.9. The molecule has 23 heavy (non-hydrogen) atoms. The van der Waals surface area contributed by atoms with Crippen LogP contribution in [0.5, 0.6) is 0 Å². The fourth-order valence-corrected chi connectivity index (χ4v) is 2.78.